The molecule has 2 N–H and O–H groups in total. The second kappa shape index (κ2) is 7.82. The fraction of sp³-hybridized carbons (Fsp3) is 0.200. The topological polar surface area (TPSA) is 89.6 Å². The van der Waals surface area contributed by atoms with E-state index in [9.17, 15) is 9.59 Å². The van der Waals surface area contributed by atoms with Crippen LogP contribution in [0.3, 0.4) is 0 Å². The maximum atomic E-state index is 12.3. The van der Waals surface area contributed by atoms with Crippen molar-refractivity contribution in [2.24, 2.45) is 0 Å². The van der Waals surface area contributed by atoms with Gasteiger partial charge >= 0.3 is 5.97 Å². The summed E-state index contributed by atoms with van der Waals surface area (Å²) >= 11 is 0. The molecule has 0 fully saturated rings. The fourth-order valence-corrected chi connectivity index (χ4v) is 2.62. The van der Waals surface area contributed by atoms with Gasteiger partial charge in [-0.2, -0.15) is 0 Å². The van der Waals surface area contributed by atoms with Crippen LogP contribution in [0.25, 0.3) is 10.9 Å². The summed E-state index contributed by atoms with van der Waals surface area (Å²) in [5.41, 5.74) is 1.63. The van der Waals surface area contributed by atoms with E-state index in [1.165, 1.54) is 21.1 Å². The second-order valence-corrected chi connectivity index (χ2v) is 5.88. The summed E-state index contributed by atoms with van der Waals surface area (Å²) in [7, 11) is 3.04. The number of fused-ring (bicyclic) bond motifs is 1. The van der Waals surface area contributed by atoms with E-state index >= 15 is 0 Å². The third-order valence-corrected chi connectivity index (χ3v) is 4.05. The number of carbonyl (C=O) groups is 2. The molecule has 27 heavy (non-hydrogen) atoms. The maximum Gasteiger partial charge on any atom is 0.355 e. The first-order valence-corrected chi connectivity index (χ1v) is 8.33. The molecule has 1 amide bonds. The molecule has 0 spiro atoms. The lowest BCUT2D eigenvalue weighted by molar-refractivity contribution is -0.123. The average molecular weight is 368 g/mol. The smallest absolute Gasteiger partial charge is 0.355 e. The summed E-state index contributed by atoms with van der Waals surface area (Å²) < 4.78 is 15.6. The van der Waals surface area contributed by atoms with Gasteiger partial charge in [0, 0.05) is 22.7 Å². The lowest BCUT2D eigenvalue weighted by atomic mass is 10.2. The Kier molecular flexibility index (Phi) is 5.30. The molecular formula is C20H20N2O5. The summed E-state index contributed by atoms with van der Waals surface area (Å²) in [6.45, 7) is 1.51. The number of H-pyrrole nitrogens is 1. The maximum absolute atomic E-state index is 12.3. The molecule has 7 nitrogen and oxygen atoms in total. The highest BCUT2D eigenvalue weighted by Crippen LogP contribution is 2.29. The molecule has 0 bridgehead atoms. The molecule has 1 heterocycles. The molecule has 140 valence electrons. The number of aromatic amines is 1. The number of rotatable bonds is 6. The number of ether oxygens (including phenoxy) is 3. The SMILES string of the molecule is COc1ccc(NC(=O)[C@H](C)OC(=O)c2cc3ccccc3[nH]2)cc1OC. The number of aromatic nitrogens is 1. The fourth-order valence-electron chi connectivity index (χ4n) is 2.62. The highest BCUT2D eigenvalue weighted by Gasteiger charge is 2.20. The lowest BCUT2D eigenvalue weighted by Gasteiger charge is -2.14. The van der Waals surface area contributed by atoms with E-state index in [2.05, 4.69) is 10.3 Å². The molecule has 0 aliphatic carbocycles. The van der Waals surface area contributed by atoms with Crippen molar-refractivity contribution in [2.45, 2.75) is 13.0 Å². The minimum atomic E-state index is -0.975. The van der Waals surface area contributed by atoms with Gasteiger partial charge in [0.1, 0.15) is 5.69 Å². The molecule has 3 aromatic rings. The second-order valence-electron chi connectivity index (χ2n) is 5.88. The summed E-state index contributed by atoms with van der Waals surface area (Å²) in [6, 6.07) is 14.2. The number of esters is 1. The zero-order chi connectivity index (χ0) is 19.4. The third-order valence-electron chi connectivity index (χ3n) is 4.05. The molecular weight excluding hydrogens is 348 g/mol. The van der Waals surface area contributed by atoms with Crippen molar-refractivity contribution in [3.63, 3.8) is 0 Å². The predicted octanol–water partition coefficient (Wildman–Crippen LogP) is 3.37. The number of para-hydroxylation sites is 1. The van der Waals surface area contributed by atoms with Crippen molar-refractivity contribution in [1.82, 2.24) is 4.98 Å². The molecule has 0 aliphatic rings. The Morgan fingerprint density at radius 3 is 2.44 bits per heavy atom. The van der Waals surface area contributed by atoms with Crippen LogP contribution in [0.4, 0.5) is 5.69 Å². The van der Waals surface area contributed by atoms with Crippen LogP contribution in [0.2, 0.25) is 0 Å². The van der Waals surface area contributed by atoms with Crippen molar-refractivity contribution < 1.29 is 23.8 Å². The van der Waals surface area contributed by atoms with Gasteiger partial charge in [-0.25, -0.2) is 4.79 Å². The number of methoxy groups -OCH3 is 2. The first-order chi connectivity index (χ1) is 13.0. The van der Waals surface area contributed by atoms with Gasteiger partial charge in [0.15, 0.2) is 17.6 Å². The van der Waals surface area contributed by atoms with Crippen molar-refractivity contribution in [3.8, 4) is 11.5 Å². The number of hydrogen-bond acceptors (Lipinski definition) is 5. The Bertz CT molecular complexity index is 946. The van der Waals surface area contributed by atoms with E-state index in [4.69, 9.17) is 14.2 Å². The minimum absolute atomic E-state index is 0.293. The summed E-state index contributed by atoms with van der Waals surface area (Å²) in [5, 5.41) is 3.58. The van der Waals surface area contributed by atoms with Crippen LogP contribution >= 0.6 is 0 Å². The molecule has 0 aliphatic heterocycles. The summed E-state index contributed by atoms with van der Waals surface area (Å²) in [5.74, 6) is -0.0142. The first kappa shape index (κ1) is 18.3. The van der Waals surface area contributed by atoms with Crippen molar-refractivity contribution in [1.29, 1.82) is 0 Å². The van der Waals surface area contributed by atoms with E-state index in [0.717, 1.165) is 10.9 Å². The zero-order valence-electron chi connectivity index (χ0n) is 15.2. The van der Waals surface area contributed by atoms with Crippen LogP contribution in [0.15, 0.2) is 48.5 Å². The van der Waals surface area contributed by atoms with Gasteiger partial charge < -0.3 is 24.5 Å². The first-order valence-electron chi connectivity index (χ1n) is 8.33. The van der Waals surface area contributed by atoms with E-state index < -0.39 is 18.0 Å². The van der Waals surface area contributed by atoms with Gasteiger partial charge in [-0.3, -0.25) is 4.79 Å². The van der Waals surface area contributed by atoms with Gasteiger partial charge in [-0.05, 0) is 31.2 Å². The Balaban J connectivity index is 1.65. The molecule has 1 aromatic heterocycles. The highest BCUT2D eigenvalue weighted by atomic mass is 16.5. The largest absolute Gasteiger partial charge is 0.493 e. The molecule has 7 heteroatoms. The average Bonchev–Trinajstić information content (AvgIpc) is 3.12. The lowest BCUT2D eigenvalue weighted by Crippen LogP contribution is -2.30. The predicted molar refractivity (Wildman–Crippen MR) is 101 cm³/mol. The van der Waals surface area contributed by atoms with Crippen LogP contribution in [0.5, 0.6) is 11.5 Å². The van der Waals surface area contributed by atoms with Crippen LogP contribution in [-0.2, 0) is 9.53 Å². The Labute approximate surface area is 156 Å². The standard InChI is InChI=1S/C20H20N2O5/c1-12(19(23)21-14-8-9-17(25-2)18(11-14)26-3)27-20(24)16-10-13-6-4-5-7-15(13)22-16/h4-12,22H,1-3H3,(H,21,23)/t12-/m0/s1. The Morgan fingerprint density at radius 1 is 1.00 bits per heavy atom. The van der Waals surface area contributed by atoms with E-state index in [1.54, 1.807) is 24.3 Å². The van der Waals surface area contributed by atoms with E-state index in [-0.39, 0.29) is 0 Å². The Morgan fingerprint density at radius 2 is 1.74 bits per heavy atom. The monoisotopic (exact) mass is 368 g/mol. The molecule has 0 saturated carbocycles. The summed E-state index contributed by atoms with van der Waals surface area (Å²) in [4.78, 5) is 27.6. The van der Waals surface area contributed by atoms with Crippen LogP contribution in [-0.4, -0.2) is 37.2 Å². The van der Waals surface area contributed by atoms with Gasteiger partial charge in [0.25, 0.3) is 5.91 Å². The van der Waals surface area contributed by atoms with Gasteiger partial charge in [0.2, 0.25) is 0 Å². The molecule has 1 atom stereocenters. The highest BCUT2D eigenvalue weighted by molar-refractivity contribution is 5.99. The number of anilines is 1. The Hall–Kier alpha value is -3.48. The molecule has 0 radical (unpaired) electrons. The molecule has 2 aromatic carbocycles. The molecule has 3 rings (SSSR count). The number of nitrogens with one attached hydrogen (secondary N) is 2. The molecule has 0 unspecified atom stereocenters. The van der Waals surface area contributed by atoms with Crippen LogP contribution in [0.1, 0.15) is 17.4 Å². The minimum Gasteiger partial charge on any atom is -0.493 e. The number of benzene rings is 2. The van der Waals surface area contributed by atoms with Crippen molar-refractivity contribution in [2.75, 3.05) is 19.5 Å². The van der Waals surface area contributed by atoms with Crippen LogP contribution in [0, 0.1) is 0 Å². The number of amides is 1. The summed E-state index contributed by atoms with van der Waals surface area (Å²) in [6.07, 6.45) is -0.975. The normalized spacial score (nSPS) is 11.7. The van der Waals surface area contributed by atoms with Gasteiger partial charge in [0.05, 0.1) is 14.2 Å². The number of hydrogen-bond donors (Lipinski definition) is 2. The third kappa shape index (κ3) is 4.03. The van der Waals surface area contributed by atoms with Gasteiger partial charge in [-0.1, -0.05) is 18.2 Å². The number of carbonyl (C=O) groups excluding carboxylic acids is 2. The van der Waals surface area contributed by atoms with E-state index in [0.29, 0.717) is 22.9 Å². The molecule has 0 saturated heterocycles. The van der Waals surface area contributed by atoms with Gasteiger partial charge in [-0.15, -0.1) is 0 Å². The van der Waals surface area contributed by atoms with Crippen molar-refractivity contribution >= 4 is 28.5 Å². The quantitative estimate of drug-likeness (QED) is 0.651. The van der Waals surface area contributed by atoms with Crippen molar-refractivity contribution in [3.05, 3.63) is 54.2 Å². The van der Waals surface area contributed by atoms with E-state index in [1.807, 2.05) is 24.3 Å². The van der Waals surface area contributed by atoms with Crippen LogP contribution < -0.4 is 14.8 Å². The zero-order valence-corrected chi connectivity index (χ0v) is 15.2.